The zero-order valence-electron chi connectivity index (χ0n) is 16.8. The lowest BCUT2D eigenvalue weighted by Gasteiger charge is -2.25. The highest BCUT2D eigenvalue weighted by Gasteiger charge is 2.28. The van der Waals surface area contributed by atoms with Crippen LogP contribution in [-0.2, 0) is 6.54 Å². The summed E-state index contributed by atoms with van der Waals surface area (Å²) in [4.78, 5) is 22.9. The molecule has 0 spiro atoms. The van der Waals surface area contributed by atoms with Gasteiger partial charge in [0.2, 0.25) is 0 Å². The van der Waals surface area contributed by atoms with Gasteiger partial charge in [0.1, 0.15) is 16.9 Å². The van der Waals surface area contributed by atoms with Crippen LogP contribution < -0.4 is 11.1 Å². The number of anilines is 1. The van der Waals surface area contributed by atoms with Crippen molar-refractivity contribution in [2.45, 2.75) is 44.7 Å². The number of amides is 1. The molecule has 1 saturated carbocycles. The Morgan fingerprint density at radius 3 is 2.37 bits per heavy atom. The van der Waals surface area contributed by atoms with Crippen molar-refractivity contribution in [3.63, 3.8) is 0 Å². The normalized spacial score (nSPS) is 14.9. The quantitative estimate of drug-likeness (QED) is 0.525. The van der Waals surface area contributed by atoms with Crippen LogP contribution in [-0.4, -0.2) is 20.4 Å². The molecule has 4 aromatic rings. The fraction of sp³-hybridized carbons (Fsp3) is 0.292. The molecule has 3 N–H and O–H groups in total. The Bertz CT molecular complexity index is 1210. The first kappa shape index (κ1) is 18.6. The van der Waals surface area contributed by atoms with Gasteiger partial charge in [0.05, 0.1) is 11.0 Å². The summed E-state index contributed by atoms with van der Waals surface area (Å²) in [5, 5.41) is 3.01. The van der Waals surface area contributed by atoms with Gasteiger partial charge in [0.15, 0.2) is 5.65 Å². The van der Waals surface area contributed by atoms with Crippen LogP contribution in [0, 0.1) is 0 Å². The van der Waals surface area contributed by atoms with Gasteiger partial charge in [-0.3, -0.25) is 4.79 Å². The van der Waals surface area contributed by atoms with Crippen molar-refractivity contribution >= 4 is 33.9 Å². The van der Waals surface area contributed by atoms with Crippen molar-refractivity contribution in [2.24, 2.45) is 0 Å². The fourth-order valence-corrected chi connectivity index (χ4v) is 4.48. The van der Waals surface area contributed by atoms with E-state index in [0.717, 1.165) is 29.4 Å². The molecule has 5 rings (SSSR count). The molecule has 0 atom stereocenters. The van der Waals surface area contributed by atoms with Crippen LogP contribution in [0.3, 0.4) is 0 Å². The van der Waals surface area contributed by atoms with Crippen LogP contribution in [0.1, 0.15) is 54.1 Å². The summed E-state index contributed by atoms with van der Waals surface area (Å²) in [5.74, 6) is 0.262. The predicted molar refractivity (Wildman–Crippen MR) is 119 cm³/mol. The van der Waals surface area contributed by atoms with E-state index in [9.17, 15) is 4.79 Å². The first-order valence-electron chi connectivity index (χ1n) is 10.6. The molecule has 2 aromatic carbocycles. The van der Waals surface area contributed by atoms with Crippen LogP contribution in [0.5, 0.6) is 0 Å². The molecule has 6 nitrogen and oxygen atoms in total. The number of nitrogen functional groups attached to an aromatic ring is 1. The van der Waals surface area contributed by atoms with Gasteiger partial charge in [-0.05, 0) is 30.5 Å². The maximum atomic E-state index is 13.2. The minimum absolute atomic E-state index is 0.208. The highest BCUT2D eigenvalue weighted by atomic mass is 16.1. The summed E-state index contributed by atoms with van der Waals surface area (Å²) < 4.78 is 2.06. The Kier molecular flexibility index (Phi) is 4.83. The van der Waals surface area contributed by atoms with Gasteiger partial charge < -0.3 is 15.6 Å². The van der Waals surface area contributed by atoms with Crippen molar-refractivity contribution in [1.29, 1.82) is 0 Å². The summed E-state index contributed by atoms with van der Waals surface area (Å²) in [6.07, 6.45) is 5.68. The average Bonchev–Trinajstić information content (AvgIpc) is 3.08. The Morgan fingerprint density at radius 1 is 0.967 bits per heavy atom. The van der Waals surface area contributed by atoms with Crippen LogP contribution >= 0.6 is 0 Å². The third-order valence-electron chi connectivity index (χ3n) is 6.00. The summed E-state index contributed by atoms with van der Waals surface area (Å²) in [7, 11) is 0. The van der Waals surface area contributed by atoms with E-state index in [-0.39, 0.29) is 11.9 Å². The Morgan fingerprint density at radius 2 is 1.63 bits per heavy atom. The lowest BCUT2D eigenvalue weighted by Crippen LogP contribution is -2.24. The smallest absolute Gasteiger partial charge is 0.257 e. The van der Waals surface area contributed by atoms with Crippen LogP contribution in [0.2, 0.25) is 0 Å². The molecule has 0 aliphatic heterocycles. The predicted octanol–water partition coefficient (Wildman–Crippen LogP) is 4.60. The second-order valence-electron chi connectivity index (χ2n) is 7.97. The van der Waals surface area contributed by atoms with E-state index >= 15 is 0 Å². The number of carbonyl (C=O) groups excluding carboxylic acids is 1. The number of fused-ring (bicyclic) bond motifs is 2. The highest BCUT2D eigenvalue weighted by molar-refractivity contribution is 6.10. The van der Waals surface area contributed by atoms with E-state index in [4.69, 9.17) is 15.7 Å². The highest BCUT2D eigenvalue weighted by Crippen LogP contribution is 2.37. The molecule has 0 bridgehead atoms. The standard InChI is InChI=1S/C24H25N5O/c25-22-20(24(30)26-15-16-9-3-1-4-10-16)21-23(29(22)17-11-5-2-6-12-17)28-19-14-8-7-13-18(19)27-21/h1,3-4,7-10,13-14,17H,2,5-6,11-12,15,25H2,(H,26,30). The zero-order chi connectivity index (χ0) is 20.5. The summed E-state index contributed by atoms with van der Waals surface area (Å²) in [6, 6.07) is 17.9. The third-order valence-corrected chi connectivity index (χ3v) is 6.00. The molecule has 152 valence electrons. The van der Waals surface area contributed by atoms with Gasteiger partial charge in [-0.1, -0.05) is 61.7 Å². The minimum atomic E-state index is -0.208. The SMILES string of the molecule is Nc1c(C(=O)NCc2ccccc2)c2nc3ccccc3nc2n1C1CCCCC1. The number of rotatable bonds is 4. The summed E-state index contributed by atoms with van der Waals surface area (Å²) >= 11 is 0. The fourth-order valence-electron chi connectivity index (χ4n) is 4.48. The second kappa shape index (κ2) is 7.78. The molecule has 0 unspecified atom stereocenters. The number of nitrogens with zero attached hydrogens (tertiary/aromatic N) is 3. The summed E-state index contributed by atoms with van der Waals surface area (Å²) in [5.41, 5.74) is 11.0. The average molecular weight is 399 g/mol. The summed E-state index contributed by atoms with van der Waals surface area (Å²) in [6.45, 7) is 0.441. The first-order chi connectivity index (χ1) is 14.7. The van der Waals surface area contributed by atoms with Crippen molar-refractivity contribution < 1.29 is 4.79 Å². The molecule has 1 amide bonds. The van der Waals surface area contributed by atoms with E-state index in [2.05, 4.69) is 9.88 Å². The van der Waals surface area contributed by atoms with Gasteiger partial charge in [0, 0.05) is 12.6 Å². The van der Waals surface area contributed by atoms with Gasteiger partial charge in [-0.25, -0.2) is 9.97 Å². The van der Waals surface area contributed by atoms with Gasteiger partial charge in [-0.15, -0.1) is 0 Å². The molecule has 0 radical (unpaired) electrons. The Balaban J connectivity index is 1.61. The van der Waals surface area contributed by atoms with E-state index in [1.54, 1.807) is 0 Å². The molecule has 0 saturated heterocycles. The molecule has 2 aromatic heterocycles. The lowest BCUT2D eigenvalue weighted by molar-refractivity contribution is 0.0953. The van der Waals surface area contributed by atoms with Crippen LogP contribution in [0.25, 0.3) is 22.2 Å². The Labute approximate surface area is 175 Å². The second-order valence-corrected chi connectivity index (χ2v) is 7.97. The molecule has 6 heteroatoms. The molecule has 1 fully saturated rings. The third kappa shape index (κ3) is 3.28. The maximum Gasteiger partial charge on any atom is 0.257 e. The van der Waals surface area contributed by atoms with E-state index in [1.165, 1.54) is 19.3 Å². The first-order valence-corrected chi connectivity index (χ1v) is 10.6. The zero-order valence-corrected chi connectivity index (χ0v) is 16.8. The van der Waals surface area contributed by atoms with Crippen molar-refractivity contribution in [3.8, 4) is 0 Å². The maximum absolute atomic E-state index is 13.2. The van der Waals surface area contributed by atoms with Crippen molar-refractivity contribution in [1.82, 2.24) is 19.9 Å². The number of carbonyl (C=O) groups is 1. The number of para-hydroxylation sites is 2. The molecule has 30 heavy (non-hydrogen) atoms. The molecule has 1 aliphatic carbocycles. The number of hydrogen-bond donors (Lipinski definition) is 2. The largest absolute Gasteiger partial charge is 0.384 e. The van der Waals surface area contributed by atoms with Crippen molar-refractivity contribution in [2.75, 3.05) is 5.73 Å². The lowest BCUT2D eigenvalue weighted by atomic mass is 9.95. The van der Waals surface area contributed by atoms with Crippen LogP contribution in [0.4, 0.5) is 5.82 Å². The molecule has 2 heterocycles. The molecular weight excluding hydrogens is 374 g/mol. The minimum Gasteiger partial charge on any atom is -0.384 e. The van der Waals surface area contributed by atoms with E-state index < -0.39 is 0 Å². The Hall–Kier alpha value is -3.41. The number of aromatic nitrogens is 3. The van der Waals surface area contributed by atoms with Gasteiger partial charge in [-0.2, -0.15) is 0 Å². The molecular formula is C24H25N5O. The van der Waals surface area contributed by atoms with E-state index in [1.807, 2.05) is 54.6 Å². The van der Waals surface area contributed by atoms with Gasteiger partial charge >= 0.3 is 0 Å². The number of nitrogens with one attached hydrogen (secondary N) is 1. The van der Waals surface area contributed by atoms with Gasteiger partial charge in [0.25, 0.3) is 5.91 Å². The number of benzene rings is 2. The molecule has 1 aliphatic rings. The van der Waals surface area contributed by atoms with Crippen LogP contribution in [0.15, 0.2) is 54.6 Å². The monoisotopic (exact) mass is 399 g/mol. The number of hydrogen-bond acceptors (Lipinski definition) is 4. The topological polar surface area (TPSA) is 85.8 Å². The number of nitrogens with two attached hydrogens (primary N) is 1. The van der Waals surface area contributed by atoms with Crippen molar-refractivity contribution in [3.05, 3.63) is 65.7 Å². The van der Waals surface area contributed by atoms with E-state index in [0.29, 0.717) is 29.1 Å².